The second-order valence-corrected chi connectivity index (χ2v) is 4.54. The third-order valence-corrected chi connectivity index (χ3v) is 2.73. The molecular weight excluding hydrogens is 226 g/mol. The van der Waals surface area contributed by atoms with E-state index < -0.39 is 6.10 Å². The summed E-state index contributed by atoms with van der Waals surface area (Å²) in [4.78, 5) is 0. The van der Waals surface area contributed by atoms with Gasteiger partial charge in [-0.05, 0) is 37.1 Å². The molecular formula is C12H16ClNO2. The van der Waals surface area contributed by atoms with Gasteiger partial charge < -0.3 is 15.2 Å². The van der Waals surface area contributed by atoms with Crippen LogP contribution in [0.25, 0.3) is 0 Å². The fourth-order valence-electron chi connectivity index (χ4n) is 1.37. The smallest absolute Gasteiger partial charge is 0.119 e. The van der Waals surface area contributed by atoms with E-state index in [0.717, 1.165) is 5.75 Å². The van der Waals surface area contributed by atoms with Crippen LogP contribution < -0.4 is 10.1 Å². The van der Waals surface area contributed by atoms with Crippen LogP contribution in [0.2, 0.25) is 5.02 Å². The number of hydrogen-bond donors (Lipinski definition) is 2. The molecule has 0 radical (unpaired) electrons. The monoisotopic (exact) mass is 241 g/mol. The highest BCUT2D eigenvalue weighted by Crippen LogP contribution is 2.18. The SMILES string of the molecule is OC(CNC1CC1)COc1ccc(Cl)cc1. The highest BCUT2D eigenvalue weighted by atomic mass is 35.5. The molecule has 0 heterocycles. The van der Waals surface area contributed by atoms with Gasteiger partial charge in [-0.15, -0.1) is 0 Å². The molecule has 3 nitrogen and oxygen atoms in total. The molecule has 0 saturated heterocycles. The Morgan fingerprint density at radius 2 is 2.06 bits per heavy atom. The van der Waals surface area contributed by atoms with E-state index in [2.05, 4.69) is 5.32 Å². The highest BCUT2D eigenvalue weighted by molar-refractivity contribution is 6.30. The van der Waals surface area contributed by atoms with Crippen molar-refractivity contribution in [3.8, 4) is 5.75 Å². The van der Waals surface area contributed by atoms with Crippen LogP contribution in [0.15, 0.2) is 24.3 Å². The van der Waals surface area contributed by atoms with Crippen LogP contribution in [0.1, 0.15) is 12.8 Å². The molecule has 0 aromatic heterocycles. The average molecular weight is 242 g/mol. The largest absolute Gasteiger partial charge is 0.491 e. The van der Waals surface area contributed by atoms with Gasteiger partial charge >= 0.3 is 0 Å². The standard InChI is InChI=1S/C12H16ClNO2/c13-9-1-5-12(6-2-9)16-8-11(15)7-14-10-3-4-10/h1-2,5-6,10-11,14-15H,3-4,7-8H2. The van der Waals surface area contributed by atoms with Gasteiger partial charge in [0.2, 0.25) is 0 Å². The summed E-state index contributed by atoms with van der Waals surface area (Å²) in [6.45, 7) is 0.902. The minimum absolute atomic E-state index is 0.307. The van der Waals surface area contributed by atoms with E-state index in [-0.39, 0.29) is 0 Å². The van der Waals surface area contributed by atoms with Crippen LogP contribution in [0.5, 0.6) is 5.75 Å². The number of ether oxygens (including phenoxy) is 1. The van der Waals surface area contributed by atoms with Gasteiger partial charge in [-0.3, -0.25) is 0 Å². The molecule has 2 N–H and O–H groups in total. The summed E-state index contributed by atoms with van der Waals surface area (Å²) >= 11 is 5.75. The molecule has 1 aromatic carbocycles. The molecule has 0 bridgehead atoms. The summed E-state index contributed by atoms with van der Waals surface area (Å²) in [5.74, 6) is 0.731. The molecule has 1 fully saturated rings. The first-order valence-corrected chi connectivity index (χ1v) is 5.91. The zero-order valence-electron chi connectivity index (χ0n) is 9.03. The first-order valence-electron chi connectivity index (χ1n) is 5.54. The molecule has 0 amide bonds. The van der Waals surface area contributed by atoms with Gasteiger partial charge in [-0.1, -0.05) is 11.6 Å². The van der Waals surface area contributed by atoms with Crippen molar-refractivity contribution in [1.82, 2.24) is 5.32 Å². The second-order valence-electron chi connectivity index (χ2n) is 4.10. The van der Waals surface area contributed by atoms with Crippen LogP contribution in [-0.4, -0.2) is 30.4 Å². The molecule has 1 aliphatic rings. The molecule has 1 aromatic rings. The zero-order chi connectivity index (χ0) is 11.4. The average Bonchev–Trinajstić information content (AvgIpc) is 3.09. The molecule has 16 heavy (non-hydrogen) atoms. The minimum atomic E-state index is -0.462. The van der Waals surface area contributed by atoms with Crippen LogP contribution in [0, 0.1) is 0 Å². The minimum Gasteiger partial charge on any atom is -0.491 e. The summed E-state index contributed by atoms with van der Waals surface area (Å²) in [6.07, 6.45) is 1.99. The van der Waals surface area contributed by atoms with E-state index in [1.165, 1.54) is 12.8 Å². The van der Waals surface area contributed by atoms with Crippen molar-refractivity contribution in [3.63, 3.8) is 0 Å². The van der Waals surface area contributed by atoms with Crippen LogP contribution in [0.3, 0.4) is 0 Å². The Morgan fingerprint density at radius 1 is 1.38 bits per heavy atom. The third kappa shape index (κ3) is 4.00. The van der Waals surface area contributed by atoms with Crippen molar-refractivity contribution in [3.05, 3.63) is 29.3 Å². The molecule has 1 atom stereocenters. The van der Waals surface area contributed by atoms with Crippen LogP contribution in [-0.2, 0) is 0 Å². The number of rotatable bonds is 6. The van der Waals surface area contributed by atoms with Gasteiger partial charge in [-0.2, -0.15) is 0 Å². The van der Waals surface area contributed by atoms with Gasteiger partial charge in [0.05, 0.1) is 0 Å². The van der Waals surface area contributed by atoms with E-state index in [9.17, 15) is 5.11 Å². The first-order chi connectivity index (χ1) is 7.74. The molecule has 0 spiro atoms. The second kappa shape index (κ2) is 5.53. The number of benzene rings is 1. The van der Waals surface area contributed by atoms with Gasteiger partial charge in [-0.25, -0.2) is 0 Å². The van der Waals surface area contributed by atoms with Crippen LogP contribution in [0.4, 0.5) is 0 Å². The molecule has 88 valence electrons. The van der Waals surface area contributed by atoms with E-state index in [0.29, 0.717) is 24.2 Å². The lowest BCUT2D eigenvalue weighted by molar-refractivity contribution is 0.106. The molecule has 0 aliphatic heterocycles. The Hall–Kier alpha value is -0.770. The van der Waals surface area contributed by atoms with E-state index in [1.54, 1.807) is 24.3 Å². The van der Waals surface area contributed by atoms with Gasteiger partial charge in [0.25, 0.3) is 0 Å². The lowest BCUT2D eigenvalue weighted by atomic mass is 10.3. The van der Waals surface area contributed by atoms with Crippen molar-refractivity contribution in [2.45, 2.75) is 25.0 Å². The van der Waals surface area contributed by atoms with Crippen molar-refractivity contribution in [2.75, 3.05) is 13.2 Å². The summed E-state index contributed by atoms with van der Waals surface area (Å²) in [7, 11) is 0. The predicted octanol–water partition coefficient (Wildman–Crippen LogP) is 1.83. The highest BCUT2D eigenvalue weighted by Gasteiger charge is 2.21. The third-order valence-electron chi connectivity index (χ3n) is 2.48. The maximum absolute atomic E-state index is 9.63. The Labute approximate surface area is 100 Å². The van der Waals surface area contributed by atoms with Crippen molar-refractivity contribution < 1.29 is 9.84 Å². The first kappa shape index (κ1) is 11.7. The number of aliphatic hydroxyl groups is 1. The summed E-state index contributed by atoms with van der Waals surface area (Å²) < 4.78 is 5.43. The van der Waals surface area contributed by atoms with Gasteiger partial charge in [0.15, 0.2) is 0 Å². The van der Waals surface area contributed by atoms with Crippen LogP contribution >= 0.6 is 11.6 Å². The predicted molar refractivity (Wildman–Crippen MR) is 64.0 cm³/mol. The Balaban J connectivity index is 1.67. The number of aliphatic hydroxyl groups excluding tert-OH is 1. The molecule has 1 saturated carbocycles. The molecule has 4 heteroatoms. The Kier molecular flexibility index (Phi) is 4.04. The van der Waals surface area contributed by atoms with E-state index >= 15 is 0 Å². The van der Waals surface area contributed by atoms with Crippen molar-refractivity contribution >= 4 is 11.6 Å². The van der Waals surface area contributed by atoms with E-state index in [4.69, 9.17) is 16.3 Å². The Morgan fingerprint density at radius 3 is 2.69 bits per heavy atom. The molecule has 1 aliphatic carbocycles. The van der Waals surface area contributed by atoms with Gasteiger partial charge in [0, 0.05) is 17.6 Å². The number of nitrogens with one attached hydrogen (secondary N) is 1. The molecule has 1 unspecified atom stereocenters. The number of halogens is 1. The summed E-state index contributed by atoms with van der Waals surface area (Å²) in [5.41, 5.74) is 0. The lowest BCUT2D eigenvalue weighted by Gasteiger charge is -2.12. The maximum atomic E-state index is 9.63. The van der Waals surface area contributed by atoms with Crippen molar-refractivity contribution in [1.29, 1.82) is 0 Å². The topological polar surface area (TPSA) is 41.5 Å². The quantitative estimate of drug-likeness (QED) is 0.799. The zero-order valence-corrected chi connectivity index (χ0v) is 9.78. The maximum Gasteiger partial charge on any atom is 0.119 e. The molecule has 2 rings (SSSR count). The van der Waals surface area contributed by atoms with E-state index in [1.807, 2.05) is 0 Å². The summed E-state index contributed by atoms with van der Waals surface area (Å²) in [6, 6.07) is 7.75. The lowest BCUT2D eigenvalue weighted by Crippen LogP contribution is -2.32. The van der Waals surface area contributed by atoms with Gasteiger partial charge in [0.1, 0.15) is 18.5 Å². The fourth-order valence-corrected chi connectivity index (χ4v) is 1.50. The Bertz CT molecular complexity index is 324. The fraction of sp³-hybridized carbons (Fsp3) is 0.500. The number of hydrogen-bond acceptors (Lipinski definition) is 3. The summed E-state index contributed by atoms with van der Waals surface area (Å²) in [5, 5.41) is 13.6. The normalized spacial score (nSPS) is 17.1. The van der Waals surface area contributed by atoms with Crippen molar-refractivity contribution in [2.24, 2.45) is 0 Å².